The maximum Gasteiger partial charge on any atom is 0.241 e. The van der Waals surface area contributed by atoms with E-state index >= 15 is 0 Å². The number of nitrogens with one attached hydrogen (secondary N) is 2. The monoisotopic (exact) mass is 313 g/mol. The standard InChI is InChI=1S/C14H23N3O3S/c1-9(2)7-16-13(18)8-17-21(19,20)14-10(3)5-12(15)6-11(14)4/h5-6,9,17H,7-8,15H2,1-4H3,(H,16,18). The van der Waals surface area contributed by atoms with Gasteiger partial charge in [0.1, 0.15) is 0 Å². The van der Waals surface area contributed by atoms with Crippen molar-refractivity contribution in [1.29, 1.82) is 0 Å². The number of hydrogen-bond donors (Lipinski definition) is 3. The van der Waals surface area contributed by atoms with Gasteiger partial charge < -0.3 is 11.1 Å². The summed E-state index contributed by atoms with van der Waals surface area (Å²) in [6.07, 6.45) is 0. The van der Waals surface area contributed by atoms with Gasteiger partial charge in [-0.3, -0.25) is 4.79 Å². The van der Waals surface area contributed by atoms with E-state index in [2.05, 4.69) is 10.0 Å². The van der Waals surface area contributed by atoms with Gasteiger partial charge in [-0.25, -0.2) is 13.1 Å². The van der Waals surface area contributed by atoms with Crippen LogP contribution in [0, 0.1) is 19.8 Å². The summed E-state index contributed by atoms with van der Waals surface area (Å²) in [6.45, 7) is 7.52. The number of anilines is 1. The molecule has 7 heteroatoms. The van der Waals surface area contributed by atoms with E-state index in [1.165, 1.54) is 0 Å². The molecule has 0 bridgehead atoms. The van der Waals surface area contributed by atoms with Gasteiger partial charge >= 0.3 is 0 Å². The van der Waals surface area contributed by atoms with Crippen LogP contribution in [0.4, 0.5) is 5.69 Å². The number of hydrogen-bond acceptors (Lipinski definition) is 4. The van der Waals surface area contributed by atoms with Crippen molar-refractivity contribution < 1.29 is 13.2 Å². The Bertz CT molecular complexity index is 601. The minimum atomic E-state index is -3.74. The van der Waals surface area contributed by atoms with Crippen molar-refractivity contribution in [2.24, 2.45) is 5.92 Å². The van der Waals surface area contributed by atoms with Crippen LogP contribution in [0.25, 0.3) is 0 Å². The third-order valence-corrected chi connectivity index (χ3v) is 4.59. The topological polar surface area (TPSA) is 101 Å². The van der Waals surface area contributed by atoms with E-state index in [1.54, 1.807) is 26.0 Å². The molecule has 1 aromatic rings. The van der Waals surface area contributed by atoms with Gasteiger partial charge in [-0.15, -0.1) is 0 Å². The second-order valence-corrected chi connectivity index (χ2v) is 7.21. The lowest BCUT2D eigenvalue weighted by molar-refractivity contribution is -0.120. The first kappa shape index (κ1) is 17.5. The molecular formula is C14H23N3O3S. The molecule has 0 saturated carbocycles. The summed E-state index contributed by atoms with van der Waals surface area (Å²) < 4.78 is 26.9. The number of rotatable bonds is 6. The van der Waals surface area contributed by atoms with E-state index in [4.69, 9.17) is 5.73 Å². The van der Waals surface area contributed by atoms with Crippen LogP contribution in [0.5, 0.6) is 0 Å². The number of carbonyl (C=O) groups is 1. The number of amides is 1. The third kappa shape index (κ3) is 5.02. The molecule has 1 amide bonds. The molecule has 0 saturated heterocycles. The quantitative estimate of drug-likeness (QED) is 0.680. The van der Waals surface area contributed by atoms with Crippen molar-refractivity contribution in [3.63, 3.8) is 0 Å². The fourth-order valence-electron chi connectivity index (χ4n) is 2.02. The molecule has 0 aromatic heterocycles. The lowest BCUT2D eigenvalue weighted by Crippen LogP contribution is -2.38. The predicted molar refractivity (Wildman–Crippen MR) is 83.4 cm³/mol. The molecule has 21 heavy (non-hydrogen) atoms. The Hall–Kier alpha value is -1.60. The molecule has 1 rings (SSSR count). The molecule has 0 atom stereocenters. The van der Waals surface area contributed by atoms with Crippen LogP contribution in [0.2, 0.25) is 0 Å². The van der Waals surface area contributed by atoms with Crippen LogP contribution >= 0.6 is 0 Å². The number of benzene rings is 1. The SMILES string of the molecule is Cc1cc(N)cc(C)c1S(=O)(=O)NCC(=O)NCC(C)C. The summed E-state index contributed by atoms with van der Waals surface area (Å²) in [4.78, 5) is 11.8. The molecule has 6 nitrogen and oxygen atoms in total. The molecule has 0 aliphatic heterocycles. The molecule has 4 N–H and O–H groups in total. The van der Waals surface area contributed by atoms with E-state index in [0.29, 0.717) is 29.3 Å². The van der Waals surface area contributed by atoms with Gasteiger partial charge in [-0.05, 0) is 43.0 Å². The number of carbonyl (C=O) groups excluding carboxylic acids is 1. The lowest BCUT2D eigenvalue weighted by Gasteiger charge is -2.13. The maximum atomic E-state index is 12.3. The van der Waals surface area contributed by atoms with Crippen molar-refractivity contribution in [3.8, 4) is 0 Å². The molecule has 0 heterocycles. The molecule has 0 fully saturated rings. The predicted octanol–water partition coefficient (Wildman–Crippen LogP) is 0.936. The number of nitrogen functional groups attached to an aromatic ring is 1. The normalized spacial score (nSPS) is 11.7. The Morgan fingerprint density at radius 1 is 1.24 bits per heavy atom. The second kappa shape index (κ2) is 6.91. The highest BCUT2D eigenvalue weighted by Gasteiger charge is 2.20. The Morgan fingerprint density at radius 3 is 2.24 bits per heavy atom. The van der Waals surface area contributed by atoms with Crippen molar-refractivity contribution in [1.82, 2.24) is 10.0 Å². The average Bonchev–Trinajstić information content (AvgIpc) is 2.32. The zero-order valence-corrected chi connectivity index (χ0v) is 13.7. The summed E-state index contributed by atoms with van der Waals surface area (Å²) in [5, 5.41) is 2.66. The van der Waals surface area contributed by atoms with Crippen LogP contribution in [-0.2, 0) is 14.8 Å². The van der Waals surface area contributed by atoms with Gasteiger partial charge in [0, 0.05) is 12.2 Å². The smallest absolute Gasteiger partial charge is 0.241 e. The van der Waals surface area contributed by atoms with Crippen LogP contribution < -0.4 is 15.8 Å². The Kier molecular flexibility index (Phi) is 5.74. The van der Waals surface area contributed by atoms with Gasteiger partial charge in [-0.1, -0.05) is 13.8 Å². The largest absolute Gasteiger partial charge is 0.399 e. The van der Waals surface area contributed by atoms with Gasteiger partial charge in [0.2, 0.25) is 15.9 Å². The molecular weight excluding hydrogens is 290 g/mol. The minimum absolute atomic E-state index is 0.174. The van der Waals surface area contributed by atoms with E-state index in [1.807, 2.05) is 13.8 Å². The van der Waals surface area contributed by atoms with E-state index in [0.717, 1.165) is 0 Å². The Morgan fingerprint density at radius 2 is 1.76 bits per heavy atom. The van der Waals surface area contributed by atoms with Crippen LogP contribution in [-0.4, -0.2) is 27.4 Å². The second-order valence-electron chi connectivity index (χ2n) is 5.51. The van der Waals surface area contributed by atoms with E-state index in [9.17, 15) is 13.2 Å². The maximum absolute atomic E-state index is 12.3. The number of sulfonamides is 1. The molecule has 0 aliphatic rings. The summed E-state index contributed by atoms with van der Waals surface area (Å²) in [7, 11) is -3.74. The first-order valence-electron chi connectivity index (χ1n) is 6.76. The molecule has 1 aromatic carbocycles. The van der Waals surface area contributed by atoms with Gasteiger partial charge in [0.05, 0.1) is 11.4 Å². The Labute approximate surface area is 126 Å². The number of nitrogens with two attached hydrogens (primary N) is 1. The lowest BCUT2D eigenvalue weighted by atomic mass is 10.1. The summed E-state index contributed by atoms with van der Waals surface area (Å²) in [5.41, 5.74) is 7.31. The number of aryl methyl sites for hydroxylation is 2. The van der Waals surface area contributed by atoms with Crippen molar-refractivity contribution >= 4 is 21.6 Å². The van der Waals surface area contributed by atoms with Crippen molar-refractivity contribution in [2.45, 2.75) is 32.6 Å². The Balaban J connectivity index is 2.82. The van der Waals surface area contributed by atoms with Gasteiger partial charge in [-0.2, -0.15) is 0 Å². The molecule has 0 spiro atoms. The summed E-state index contributed by atoms with van der Waals surface area (Å²) >= 11 is 0. The van der Waals surface area contributed by atoms with Crippen LogP contribution in [0.3, 0.4) is 0 Å². The fourth-order valence-corrected chi connectivity index (χ4v) is 3.45. The first-order valence-corrected chi connectivity index (χ1v) is 8.25. The summed E-state index contributed by atoms with van der Waals surface area (Å²) in [5.74, 6) is -0.0369. The van der Waals surface area contributed by atoms with Crippen LogP contribution in [0.1, 0.15) is 25.0 Å². The van der Waals surface area contributed by atoms with Gasteiger partial charge in [0.25, 0.3) is 0 Å². The van der Waals surface area contributed by atoms with E-state index in [-0.39, 0.29) is 17.3 Å². The molecule has 118 valence electrons. The van der Waals surface area contributed by atoms with Crippen molar-refractivity contribution in [3.05, 3.63) is 23.3 Å². The fraction of sp³-hybridized carbons (Fsp3) is 0.500. The first-order chi connectivity index (χ1) is 9.63. The highest BCUT2D eigenvalue weighted by atomic mass is 32.2. The average molecular weight is 313 g/mol. The van der Waals surface area contributed by atoms with Crippen molar-refractivity contribution in [2.75, 3.05) is 18.8 Å². The van der Waals surface area contributed by atoms with Crippen LogP contribution in [0.15, 0.2) is 17.0 Å². The van der Waals surface area contributed by atoms with E-state index < -0.39 is 10.0 Å². The highest BCUT2D eigenvalue weighted by molar-refractivity contribution is 7.89. The van der Waals surface area contributed by atoms with Gasteiger partial charge in [0.15, 0.2) is 0 Å². The molecule has 0 aliphatic carbocycles. The molecule has 0 radical (unpaired) electrons. The zero-order chi connectivity index (χ0) is 16.2. The third-order valence-electron chi connectivity index (χ3n) is 2.88. The zero-order valence-electron chi connectivity index (χ0n) is 12.9. The minimum Gasteiger partial charge on any atom is -0.399 e. The molecule has 0 unspecified atom stereocenters. The highest BCUT2D eigenvalue weighted by Crippen LogP contribution is 2.22. The summed E-state index contributed by atoms with van der Waals surface area (Å²) in [6, 6.07) is 3.20.